The minimum Gasteiger partial charge on any atom is -0.445 e. The summed E-state index contributed by atoms with van der Waals surface area (Å²) < 4.78 is 4.98. The van der Waals surface area contributed by atoms with Crippen LogP contribution in [0.4, 0.5) is 4.79 Å². The first-order valence-corrected chi connectivity index (χ1v) is 6.31. The number of carbonyl (C=O) groups excluding carboxylic acids is 1. The number of aliphatic hydroxyl groups is 2. The van der Waals surface area contributed by atoms with Crippen molar-refractivity contribution in [1.29, 1.82) is 0 Å². The standard InChI is InChI=1S/C14H21NO4/c1-10(2)13(17)12(16)8-15-14(18)19-9-11-6-4-3-5-7-11/h3-7,10,12-13,16-17H,8-9H2,1-2H3,(H,15,18)/t12-,13-/m1/s1. The van der Waals surface area contributed by atoms with Gasteiger partial charge in [0.25, 0.3) is 0 Å². The quantitative estimate of drug-likeness (QED) is 0.725. The number of benzene rings is 1. The Balaban J connectivity index is 2.25. The number of hydrogen-bond donors (Lipinski definition) is 3. The smallest absolute Gasteiger partial charge is 0.407 e. The van der Waals surface area contributed by atoms with Gasteiger partial charge in [-0.15, -0.1) is 0 Å². The second-order valence-electron chi connectivity index (χ2n) is 4.74. The maximum Gasteiger partial charge on any atom is 0.407 e. The summed E-state index contributed by atoms with van der Waals surface area (Å²) in [7, 11) is 0. The number of aliphatic hydroxyl groups excluding tert-OH is 2. The first-order valence-electron chi connectivity index (χ1n) is 6.31. The molecule has 0 bridgehead atoms. The molecule has 0 unspecified atom stereocenters. The molecule has 1 aromatic carbocycles. The summed E-state index contributed by atoms with van der Waals surface area (Å²) in [4.78, 5) is 11.4. The molecule has 2 atom stereocenters. The highest BCUT2D eigenvalue weighted by Crippen LogP contribution is 2.05. The van der Waals surface area contributed by atoms with Crippen molar-refractivity contribution in [2.24, 2.45) is 5.92 Å². The number of carbonyl (C=O) groups is 1. The summed E-state index contributed by atoms with van der Waals surface area (Å²) in [6, 6.07) is 9.31. The van der Waals surface area contributed by atoms with Crippen LogP contribution in [0, 0.1) is 5.92 Å². The van der Waals surface area contributed by atoms with Gasteiger partial charge >= 0.3 is 6.09 Å². The third kappa shape index (κ3) is 5.72. The third-order valence-electron chi connectivity index (χ3n) is 2.75. The van der Waals surface area contributed by atoms with Crippen molar-refractivity contribution < 1.29 is 19.7 Å². The van der Waals surface area contributed by atoms with Gasteiger partial charge in [0.1, 0.15) is 6.61 Å². The molecule has 0 aliphatic carbocycles. The molecule has 5 heteroatoms. The predicted octanol–water partition coefficient (Wildman–Crippen LogP) is 1.29. The monoisotopic (exact) mass is 267 g/mol. The first-order chi connectivity index (χ1) is 9.00. The summed E-state index contributed by atoms with van der Waals surface area (Å²) in [5.41, 5.74) is 0.889. The summed E-state index contributed by atoms with van der Waals surface area (Å²) in [5, 5.41) is 21.6. The molecule has 1 aromatic rings. The van der Waals surface area contributed by atoms with Crippen LogP contribution in [0.25, 0.3) is 0 Å². The number of nitrogens with one attached hydrogen (secondary N) is 1. The lowest BCUT2D eigenvalue weighted by Gasteiger charge is -2.21. The zero-order valence-electron chi connectivity index (χ0n) is 11.2. The van der Waals surface area contributed by atoms with E-state index in [0.29, 0.717) is 0 Å². The Morgan fingerprint density at radius 3 is 2.47 bits per heavy atom. The molecular formula is C14H21NO4. The Hall–Kier alpha value is -1.59. The van der Waals surface area contributed by atoms with Gasteiger partial charge in [0.15, 0.2) is 0 Å². The van der Waals surface area contributed by atoms with Gasteiger partial charge in [-0.05, 0) is 11.5 Å². The van der Waals surface area contributed by atoms with Gasteiger partial charge < -0.3 is 20.3 Å². The Kier molecular flexibility index (Phi) is 6.32. The maximum absolute atomic E-state index is 11.4. The molecule has 0 heterocycles. The minimum atomic E-state index is -0.996. The molecule has 5 nitrogen and oxygen atoms in total. The van der Waals surface area contributed by atoms with Gasteiger partial charge in [0, 0.05) is 6.54 Å². The van der Waals surface area contributed by atoms with E-state index in [9.17, 15) is 15.0 Å². The van der Waals surface area contributed by atoms with Crippen molar-refractivity contribution >= 4 is 6.09 Å². The van der Waals surface area contributed by atoms with Crippen LogP contribution >= 0.6 is 0 Å². The fourth-order valence-corrected chi connectivity index (χ4v) is 1.53. The van der Waals surface area contributed by atoms with Crippen LogP contribution < -0.4 is 5.32 Å². The molecule has 0 radical (unpaired) electrons. The van der Waals surface area contributed by atoms with Crippen molar-refractivity contribution in [3.8, 4) is 0 Å². The van der Waals surface area contributed by atoms with Crippen LogP contribution in [0.1, 0.15) is 19.4 Å². The predicted molar refractivity (Wildman–Crippen MR) is 71.5 cm³/mol. The highest BCUT2D eigenvalue weighted by Gasteiger charge is 2.20. The van der Waals surface area contributed by atoms with Gasteiger partial charge in [-0.25, -0.2) is 4.79 Å². The third-order valence-corrected chi connectivity index (χ3v) is 2.75. The zero-order chi connectivity index (χ0) is 14.3. The number of amides is 1. The lowest BCUT2D eigenvalue weighted by atomic mass is 10.0. The van der Waals surface area contributed by atoms with E-state index in [2.05, 4.69) is 5.32 Å². The van der Waals surface area contributed by atoms with E-state index in [1.165, 1.54) is 0 Å². The van der Waals surface area contributed by atoms with Crippen LogP contribution in [0.2, 0.25) is 0 Å². The number of ether oxygens (including phenoxy) is 1. The normalized spacial score (nSPS) is 13.9. The highest BCUT2D eigenvalue weighted by atomic mass is 16.5. The Morgan fingerprint density at radius 2 is 1.89 bits per heavy atom. The summed E-state index contributed by atoms with van der Waals surface area (Å²) in [6.45, 7) is 3.73. The average Bonchev–Trinajstić information content (AvgIpc) is 2.42. The van der Waals surface area contributed by atoms with Crippen molar-refractivity contribution in [2.75, 3.05) is 6.54 Å². The van der Waals surface area contributed by atoms with Crippen LogP contribution in [-0.4, -0.2) is 35.1 Å². The second kappa shape index (κ2) is 7.76. The Labute approximate surface area is 113 Å². The van der Waals surface area contributed by atoms with Gasteiger partial charge in [0.05, 0.1) is 12.2 Å². The zero-order valence-corrected chi connectivity index (χ0v) is 11.2. The number of hydrogen-bond acceptors (Lipinski definition) is 4. The molecular weight excluding hydrogens is 246 g/mol. The molecule has 0 fully saturated rings. The molecule has 106 valence electrons. The van der Waals surface area contributed by atoms with Crippen molar-refractivity contribution in [2.45, 2.75) is 32.7 Å². The average molecular weight is 267 g/mol. The molecule has 19 heavy (non-hydrogen) atoms. The van der Waals surface area contributed by atoms with E-state index in [4.69, 9.17) is 4.74 Å². The molecule has 0 saturated carbocycles. The van der Waals surface area contributed by atoms with E-state index >= 15 is 0 Å². The molecule has 0 aliphatic heterocycles. The molecule has 0 spiro atoms. The molecule has 0 saturated heterocycles. The lowest BCUT2D eigenvalue weighted by Crippen LogP contribution is -2.41. The van der Waals surface area contributed by atoms with E-state index in [0.717, 1.165) is 5.56 Å². The van der Waals surface area contributed by atoms with E-state index in [1.54, 1.807) is 13.8 Å². The highest BCUT2D eigenvalue weighted by molar-refractivity contribution is 5.67. The minimum absolute atomic E-state index is 0.0348. The second-order valence-corrected chi connectivity index (χ2v) is 4.74. The van der Waals surface area contributed by atoms with E-state index in [1.807, 2.05) is 30.3 Å². The molecule has 0 aromatic heterocycles. The van der Waals surface area contributed by atoms with Crippen molar-refractivity contribution in [1.82, 2.24) is 5.32 Å². The van der Waals surface area contributed by atoms with Crippen molar-refractivity contribution in [3.05, 3.63) is 35.9 Å². The number of rotatable bonds is 6. The van der Waals surface area contributed by atoms with Crippen LogP contribution in [0.15, 0.2) is 30.3 Å². The first kappa shape index (κ1) is 15.5. The van der Waals surface area contributed by atoms with E-state index < -0.39 is 18.3 Å². The lowest BCUT2D eigenvalue weighted by molar-refractivity contribution is -0.00705. The Morgan fingerprint density at radius 1 is 1.26 bits per heavy atom. The van der Waals surface area contributed by atoms with Gasteiger partial charge in [-0.1, -0.05) is 44.2 Å². The molecule has 1 amide bonds. The summed E-state index contributed by atoms with van der Waals surface area (Å²) in [5.74, 6) is -0.0721. The summed E-state index contributed by atoms with van der Waals surface area (Å²) >= 11 is 0. The van der Waals surface area contributed by atoms with Gasteiger partial charge in [0.2, 0.25) is 0 Å². The van der Waals surface area contributed by atoms with Crippen LogP contribution in [0.5, 0.6) is 0 Å². The largest absolute Gasteiger partial charge is 0.445 e. The van der Waals surface area contributed by atoms with E-state index in [-0.39, 0.29) is 19.1 Å². The topological polar surface area (TPSA) is 78.8 Å². The molecule has 0 aliphatic rings. The van der Waals surface area contributed by atoms with Crippen LogP contribution in [-0.2, 0) is 11.3 Å². The molecule has 1 rings (SSSR count). The SMILES string of the molecule is CC(C)[C@@H](O)[C@H](O)CNC(=O)OCc1ccccc1. The summed E-state index contributed by atoms with van der Waals surface area (Å²) in [6.07, 6.45) is -2.47. The molecule has 3 N–H and O–H groups in total. The van der Waals surface area contributed by atoms with Gasteiger partial charge in [-0.3, -0.25) is 0 Å². The van der Waals surface area contributed by atoms with Gasteiger partial charge in [-0.2, -0.15) is 0 Å². The Bertz CT molecular complexity index is 380. The van der Waals surface area contributed by atoms with Crippen LogP contribution in [0.3, 0.4) is 0 Å². The van der Waals surface area contributed by atoms with Crippen molar-refractivity contribution in [3.63, 3.8) is 0 Å². The maximum atomic E-state index is 11.4. The fourth-order valence-electron chi connectivity index (χ4n) is 1.53. The number of alkyl carbamates (subject to hydrolysis) is 1. The fraction of sp³-hybridized carbons (Fsp3) is 0.500.